The number of carbonyl (C=O) groups excluding carboxylic acids is 2. The SMILES string of the molecule is O=C(N[C@H]1N=C(c2ccccc2)c2ccccc2NC1=O)c1ccoc1CN1CCOCC1. The molecule has 168 valence electrons. The molecule has 3 aromatic rings. The van der Waals surface area contributed by atoms with E-state index < -0.39 is 18.0 Å². The predicted octanol–water partition coefficient (Wildman–Crippen LogP) is 2.66. The summed E-state index contributed by atoms with van der Waals surface area (Å²) in [6.45, 7) is 3.36. The number of amides is 2. The van der Waals surface area contributed by atoms with Gasteiger partial charge >= 0.3 is 0 Å². The third-order valence-corrected chi connectivity index (χ3v) is 5.72. The number of nitrogens with one attached hydrogen (secondary N) is 2. The van der Waals surface area contributed by atoms with Crippen molar-refractivity contribution in [1.29, 1.82) is 0 Å². The van der Waals surface area contributed by atoms with Crippen LogP contribution in [0.25, 0.3) is 0 Å². The third-order valence-electron chi connectivity index (χ3n) is 5.72. The van der Waals surface area contributed by atoms with Crippen molar-refractivity contribution in [2.45, 2.75) is 12.7 Å². The monoisotopic (exact) mass is 444 g/mol. The van der Waals surface area contributed by atoms with Crippen molar-refractivity contribution in [2.75, 3.05) is 31.6 Å². The van der Waals surface area contributed by atoms with Crippen LogP contribution >= 0.6 is 0 Å². The largest absolute Gasteiger partial charge is 0.467 e. The quantitative estimate of drug-likeness (QED) is 0.631. The van der Waals surface area contributed by atoms with Gasteiger partial charge in [0.2, 0.25) is 6.17 Å². The number of benzodiazepines with no additional fused rings is 1. The molecular formula is C25H24N4O4. The summed E-state index contributed by atoms with van der Waals surface area (Å²) < 4.78 is 11.0. The summed E-state index contributed by atoms with van der Waals surface area (Å²) in [4.78, 5) is 33.0. The van der Waals surface area contributed by atoms with Crippen LogP contribution in [0.4, 0.5) is 5.69 Å². The van der Waals surface area contributed by atoms with Crippen molar-refractivity contribution >= 4 is 23.2 Å². The average Bonchev–Trinajstić information content (AvgIpc) is 3.26. The van der Waals surface area contributed by atoms with E-state index in [1.807, 2.05) is 54.6 Å². The Labute approximate surface area is 191 Å². The highest BCUT2D eigenvalue weighted by Crippen LogP contribution is 2.24. The van der Waals surface area contributed by atoms with Crippen LogP contribution in [0.3, 0.4) is 0 Å². The molecule has 0 bridgehead atoms. The Morgan fingerprint density at radius 2 is 1.82 bits per heavy atom. The fraction of sp³-hybridized carbons (Fsp3) is 0.240. The summed E-state index contributed by atoms with van der Waals surface area (Å²) in [5, 5.41) is 5.67. The zero-order chi connectivity index (χ0) is 22.6. The van der Waals surface area contributed by atoms with Crippen LogP contribution in [0.2, 0.25) is 0 Å². The Hall–Kier alpha value is -3.75. The lowest BCUT2D eigenvalue weighted by molar-refractivity contribution is -0.117. The minimum atomic E-state index is -1.09. The molecule has 2 aromatic carbocycles. The highest BCUT2D eigenvalue weighted by Gasteiger charge is 2.28. The van der Waals surface area contributed by atoms with E-state index in [0.29, 0.717) is 42.5 Å². The van der Waals surface area contributed by atoms with Crippen LogP contribution in [0.1, 0.15) is 27.2 Å². The molecule has 0 radical (unpaired) electrons. The summed E-state index contributed by atoms with van der Waals surface area (Å²) in [5.74, 6) is -0.256. The van der Waals surface area contributed by atoms with Crippen LogP contribution < -0.4 is 10.6 Å². The van der Waals surface area contributed by atoms with E-state index in [9.17, 15) is 9.59 Å². The number of nitrogens with zero attached hydrogens (tertiary/aromatic N) is 2. The fourth-order valence-corrected chi connectivity index (χ4v) is 4.01. The molecule has 33 heavy (non-hydrogen) atoms. The van der Waals surface area contributed by atoms with Crippen molar-refractivity contribution in [1.82, 2.24) is 10.2 Å². The van der Waals surface area contributed by atoms with Gasteiger partial charge in [0.25, 0.3) is 11.8 Å². The Kier molecular flexibility index (Phi) is 6.01. The minimum absolute atomic E-state index is 0.396. The van der Waals surface area contributed by atoms with Crippen molar-refractivity contribution in [2.24, 2.45) is 4.99 Å². The van der Waals surface area contributed by atoms with Gasteiger partial charge in [0.15, 0.2) is 0 Å². The zero-order valence-corrected chi connectivity index (χ0v) is 18.0. The summed E-state index contributed by atoms with van der Waals surface area (Å²) in [6, 6.07) is 18.7. The smallest absolute Gasteiger partial charge is 0.269 e. The first-order chi connectivity index (χ1) is 16.2. The minimum Gasteiger partial charge on any atom is -0.467 e. The summed E-state index contributed by atoms with van der Waals surface area (Å²) in [5.41, 5.74) is 3.34. The second-order valence-electron chi connectivity index (χ2n) is 7.90. The van der Waals surface area contributed by atoms with E-state index in [1.165, 1.54) is 6.26 Å². The Morgan fingerprint density at radius 1 is 1.06 bits per heavy atom. The molecule has 1 saturated heterocycles. The topological polar surface area (TPSA) is 96.2 Å². The molecule has 0 spiro atoms. The lowest BCUT2D eigenvalue weighted by Crippen LogP contribution is -2.42. The van der Waals surface area contributed by atoms with E-state index in [2.05, 4.69) is 20.5 Å². The molecule has 2 aliphatic rings. The first-order valence-electron chi connectivity index (χ1n) is 10.9. The maximum Gasteiger partial charge on any atom is 0.269 e. The molecule has 1 aromatic heterocycles. The van der Waals surface area contributed by atoms with Crippen LogP contribution in [-0.2, 0) is 16.1 Å². The number of hydrogen-bond acceptors (Lipinski definition) is 6. The van der Waals surface area contributed by atoms with Crippen molar-refractivity contribution < 1.29 is 18.7 Å². The van der Waals surface area contributed by atoms with Crippen LogP contribution in [-0.4, -0.2) is 54.9 Å². The number of anilines is 1. The highest BCUT2D eigenvalue weighted by molar-refractivity contribution is 6.20. The van der Waals surface area contributed by atoms with Gasteiger partial charge in [-0.05, 0) is 12.1 Å². The van der Waals surface area contributed by atoms with Crippen LogP contribution in [0.5, 0.6) is 0 Å². The molecular weight excluding hydrogens is 420 g/mol. The second-order valence-corrected chi connectivity index (χ2v) is 7.90. The number of rotatable bonds is 5. The lowest BCUT2D eigenvalue weighted by atomic mass is 10.0. The van der Waals surface area contributed by atoms with E-state index in [-0.39, 0.29) is 0 Å². The van der Waals surface area contributed by atoms with Gasteiger partial charge in [-0.2, -0.15) is 0 Å². The molecule has 0 aliphatic carbocycles. The van der Waals surface area contributed by atoms with Crippen molar-refractivity contribution in [3.8, 4) is 0 Å². The Morgan fingerprint density at radius 3 is 2.64 bits per heavy atom. The molecule has 5 rings (SSSR count). The predicted molar refractivity (Wildman–Crippen MR) is 123 cm³/mol. The fourth-order valence-electron chi connectivity index (χ4n) is 4.01. The normalized spacial score (nSPS) is 18.6. The number of aliphatic imine (C=N–C) groups is 1. The van der Waals surface area contributed by atoms with Gasteiger partial charge in [0.05, 0.1) is 43.0 Å². The second kappa shape index (κ2) is 9.40. The van der Waals surface area contributed by atoms with Gasteiger partial charge in [-0.3, -0.25) is 14.5 Å². The number of carbonyl (C=O) groups is 2. The van der Waals surface area contributed by atoms with Crippen molar-refractivity contribution in [3.05, 3.63) is 89.4 Å². The summed E-state index contributed by atoms with van der Waals surface area (Å²) >= 11 is 0. The Bertz CT molecular complexity index is 1180. The van der Waals surface area contributed by atoms with E-state index >= 15 is 0 Å². The van der Waals surface area contributed by atoms with Gasteiger partial charge in [-0.1, -0.05) is 48.5 Å². The molecule has 0 saturated carbocycles. The first kappa shape index (κ1) is 21.1. The van der Waals surface area contributed by atoms with Gasteiger partial charge in [0.1, 0.15) is 5.76 Å². The number of hydrogen-bond donors (Lipinski definition) is 2. The molecule has 0 unspecified atom stereocenters. The number of benzene rings is 2. The molecule has 1 atom stereocenters. The van der Waals surface area contributed by atoms with Gasteiger partial charge in [0, 0.05) is 24.2 Å². The lowest BCUT2D eigenvalue weighted by Gasteiger charge is -2.25. The highest BCUT2D eigenvalue weighted by atomic mass is 16.5. The molecule has 8 nitrogen and oxygen atoms in total. The molecule has 2 amide bonds. The zero-order valence-electron chi connectivity index (χ0n) is 18.0. The summed E-state index contributed by atoms with van der Waals surface area (Å²) in [7, 11) is 0. The number of fused-ring (bicyclic) bond motifs is 1. The standard InChI is InChI=1S/C25H24N4O4/c30-24(19-10-13-33-21(19)16-29-11-14-32-15-12-29)28-23-25(31)26-20-9-5-4-8-18(20)22(27-23)17-6-2-1-3-7-17/h1-10,13,23H,11-12,14-16H2,(H,26,31)(H,28,30)/t23-/m1/s1. The Balaban J connectivity index is 1.42. The average molecular weight is 444 g/mol. The number of ether oxygens (including phenoxy) is 1. The molecule has 1 fully saturated rings. The van der Waals surface area contributed by atoms with Gasteiger partial charge in [-0.15, -0.1) is 0 Å². The third kappa shape index (κ3) is 4.57. The van der Waals surface area contributed by atoms with Gasteiger partial charge < -0.3 is 19.8 Å². The van der Waals surface area contributed by atoms with Gasteiger partial charge in [-0.25, -0.2) is 4.99 Å². The number of furan rings is 1. The maximum atomic E-state index is 13.1. The van der Waals surface area contributed by atoms with E-state index in [1.54, 1.807) is 6.07 Å². The van der Waals surface area contributed by atoms with E-state index in [4.69, 9.17) is 9.15 Å². The maximum absolute atomic E-state index is 13.1. The molecule has 2 aliphatic heterocycles. The number of para-hydroxylation sites is 1. The molecule has 8 heteroatoms. The number of morpholine rings is 1. The first-order valence-corrected chi connectivity index (χ1v) is 10.9. The van der Waals surface area contributed by atoms with Crippen LogP contribution in [0, 0.1) is 0 Å². The summed E-state index contributed by atoms with van der Waals surface area (Å²) in [6.07, 6.45) is 0.401. The molecule has 2 N–H and O–H groups in total. The van der Waals surface area contributed by atoms with Crippen molar-refractivity contribution in [3.63, 3.8) is 0 Å². The van der Waals surface area contributed by atoms with Crippen LogP contribution in [0.15, 0.2) is 76.3 Å². The van der Waals surface area contributed by atoms with E-state index in [0.717, 1.165) is 24.2 Å². The molecule has 3 heterocycles.